The zero-order valence-corrected chi connectivity index (χ0v) is 6.92. The van der Waals surface area contributed by atoms with Crippen LogP contribution in [0.25, 0.3) is 0 Å². The molecule has 4 nitrogen and oxygen atoms in total. The third-order valence-electron chi connectivity index (χ3n) is 1.21. The average molecular weight is 165 g/mol. The van der Waals surface area contributed by atoms with E-state index < -0.39 is 0 Å². The Balaban J connectivity index is 2.13. The highest BCUT2D eigenvalue weighted by molar-refractivity contribution is 5.57. The molecule has 0 saturated heterocycles. The van der Waals surface area contributed by atoms with Crippen molar-refractivity contribution in [2.45, 2.75) is 6.92 Å². The van der Waals surface area contributed by atoms with Gasteiger partial charge in [0.05, 0.1) is 18.6 Å². The van der Waals surface area contributed by atoms with Gasteiger partial charge in [0.15, 0.2) is 0 Å². The Kier molecular flexibility index (Phi) is 3.75. The van der Waals surface area contributed by atoms with Crippen molar-refractivity contribution < 1.29 is 4.84 Å². The smallest absolute Gasteiger partial charge is 0.135 e. The van der Waals surface area contributed by atoms with Crippen molar-refractivity contribution in [2.24, 2.45) is 4.99 Å². The summed E-state index contributed by atoms with van der Waals surface area (Å²) in [6, 6.07) is 0. The first-order valence-electron chi connectivity index (χ1n) is 3.64. The van der Waals surface area contributed by atoms with Gasteiger partial charge in [-0.1, -0.05) is 5.92 Å². The van der Waals surface area contributed by atoms with Gasteiger partial charge in [-0.3, -0.25) is 15.3 Å². The summed E-state index contributed by atoms with van der Waals surface area (Å²) in [7, 11) is 0. The second-order valence-electron chi connectivity index (χ2n) is 2.12. The van der Waals surface area contributed by atoms with Gasteiger partial charge in [0.1, 0.15) is 6.61 Å². The molecule has 0 atom stereocenters. The van der Waals surface area contributed by atoms with Crippen molar-refractivity contribution in [3.63, 3.8) is 0 Å². The molecule has 0 spiro atoms. The Hall–Kier alpha value is -1.47. The van der Waals surface area contributed by atoms with E-state index in [2.05, 4.69) is 27.6 Å². The molecule has 0 amide bonds. The van der Waals surface area contributed by atoms with Crippen LogP contribution in [0.15, 0.2) is 16.9 Å². The van der Waals surface area contributed by atoms with Crippen LogP contribution < -0.4 is 10.8 Å². The minimum atomic E-state index is 0.386. The number of nitrogens with one attached hydrogen (secondary N) is 2. The zero-order valence-electron chi connectivity index (χ0n) is 6.92. The van der Waals surface area contributed by atoms with Crippen molar-refractivity contribution in [3.8, 4) is 11.8 Å². The molecular formula is C8H11N3O. The summed E-state index contributed by atoms with van der Waals surface area (Å²) in [5.41, 5.74) is 3.64. The van der Waals surface area contributed by atoms with Crippen molar-refractivity contribution in [2.75, 3.05) is 13.2 Å². The minimum Gasteiger partial charge on any atom is -0.351 e. The number of aliphatic imine (C=N–C) groups is 1. The average Bonchev–Trinajstić information content (AvgIpc) is 2.14. The van der Waals surface area contributed by atoms with Crippen molar-refractivity contribution in [1.29, 1.82) is 0 Å². The fraction of sp³-hybridized carbons (Fsp3) is 0.375. The first-order valence-corrected chi connectivity index (χ1v) is 3.64. The topological polar surface area (TPSA) is 45.6 Å². The van der Waals surface area contributed by atoms with Crippen LogP contribution in [0.3, 0.4) is 0 Å². The van der Waals surface area contributed by atoms with E-state index in [4.69, 9.17) is 4.84 Å². The van der Waals surface area contributed by atoms with Gasteiger partial charge in [-0.05, 0) is 6.92 Å². The van der Waals surface area contributed by atoms with Crippen LogP contribution in [-0.2, 0) is 4.84 Å². The highest BCUT2D eigenvalue weighted by Gasteiger charge is 1.96. The summed E-state index contributed by atoms with van der Waals surface area (Å²) in [4.78, 5) is 8.98. The SMILES string of the molecule is CC#CCONC1=CNC=NC1. The van der Waals surface area contributed by atoms with E-state index in [9.17, 15) is 0 Å². The molecule has 1 aliphatic rings. The van der Waals surface area contributed by atoms with E-state index in [1.54, 1.807) is 19.5 Å². The molecule has 2 N–H and O–H groups in total. The fourth-order valence-electron chi connectivity index (χ4n) is 0.679. The summed E-state index contributed by atoms with van der Waals surface area (Å²) < 4.78 is 0. The van der Waals surface area contributed by atoms with Gasteiger partial charge in [-0.15, -0.1) is 5.92 Å². The summed E-state index contributed by atoms with van der Waals surface area (Å²) in [6.45, 7) is 2.78. The molecule has 1 aliphatic heterocycles. The summed E-state index contributed by atoms with van der Waals surface area (Å²) in [6.07, 6.45) is 3.43. The van der Waals surface area contributed by atoms with Crippen LogP contribution in [0.1, 0.15) is 6.92 Å². The Morgan fingerprint density at radius 2 is 2.75 bits per heavy atom. The monoisotopic (exact) mass is 165 g/mol. The molecule has 0 saturated carbocycles. The molecule has 1 heterocycles. The van der Waals surface area contributed by atoms with Gasteiger partial charge in [-0.2, -0.15) is 0 Å². The Labute approximate surface area is 71.7 Å². The molecule has 0 fully saturated rings. The van der Waals surface area contributed by atoms with Crippen LogP contribution in [-0.4, -0.2) is 19.5 Å². The molecule has 0 bridgehead atoms. The van der Waals surface area contributed by atoms with E-state index in [0.29, 0.717) is 13.2 Å². The third-order valence-corrected chi connectivity index (χ3v) is 1.21. The molecule has 1 rings (SSSR count). The van der Waals surface area contributed by atoms with Crippen LogP contribution >= 0.6 is 0 Å². The molecule has 4 heteroatoms. The highest BCUT2D eigenvalue weighted by atomic mass is 16.6. The fourth-order valence-corrected chi connectivity index (χ4v) is 0.679. The van der Waals surface area contributed by atoms with E-state index in [0.717, 1.165) is 5.70 Å². The normalized spacial score (nSPS) is 13.9. The molecular weight excluding hydrogens is 154 g/mol. The highest BCUT2D eigenvalue weighted by Crippen LogP contribution is 1.90. The Morgan fingerprint density at radius 3 is 3.42 bits per heavy atom. The maximum Gasteiger partial charge on any atom is 0.135 e. The molecule has 0 aliphatic carbocycles. The standard InChI is InChI=1S/C8H11N3O/c1-2-3-4-12-11-8-5-9-7-10-6-8/h5,7,11H,4,6H2,1H3,(H,9,10). The predicted octanol–water partition coefficient (Wildman–Crippen LogP) is 0.00380. The maximum atomic E-state index is 5.01. The van der Waals surface area contributed by atoms with Crippen LogP contribution in [0, 0.1) is 11.8 Å². The Morgan fingerprint density at radius 1 is 1.83 bits per heavy atom. The van der Waals surface area contributed by atoms with E-state index in [1.807, 2.05) is 0 Å². The summed E-state index contributed by atoms with van der Waals surface area (Å²) >= 11 is 0. The van der Waals surface area contributed by atoms with Gasteiger partial charge < -0.3 is 5.32 Å². The molecule has 12 heavy (non-hydrogen) atoms. The van der Waals surface area contributed by atoms with Gasteiger partial charge in [0.2, 0.25) is 0 Å². The van der Waals surface area contributed by atoms with Crippen molar-refractivity contribution >= 4 is 6.34 Å². The van der Waals surface area contributed by atoms with E-state index >= 15 is 0 Å². The molecule has 0 aromatic rings. The quantitative estimate of drug-likeness (QED) is 0.351. The van der Waals surface area contributed by atoms with E-state index in [1.165, 1.54) is 0 Å². The third kappa shape index (κ3) is 3.08. The first-order chi connectivity index (χ1) is 5.93. The number of hydrogen-bond donors (Lipinski definition) is 2. The number of nitrogens with zero attached hydrogens (tertiary/aromatic N) is 1. The minimum absolute atomic E-state index is 0.386. The van der Waals surface area contributed by atoms with Crippen LogP contribution in [0.2, 0.25) is 0 Å². The lowest BCUT2D eigenvalue weighted by Crippen LogP contribution is -2.22. The van der Waals surface area contributed by atoms with Crippen LogP contribution in [0.4, 0.5) is 0 Å². The van der Waals surface area contributed by atoms with E-state index in [-0.39, 0.29) is 0 Å². The van der Waals surface area contributed by atoms with Gasteiger partial charge in [-0.25, -0.2) is 0 Å². The summed E-state index contributed by atoms with van der Waals surface area (Å²) in [5.74, 6) is 5.49. The van der Waals surface area contributed by atoms with Crippen molar-refractivity contribution in [3.05, 3.63) is 11.9 Å². The van der Waals surface area contributed by atoms with Gasteiger partial charge in [0.25, 0.3) is 0 Å². The maximum absolute atomic E-state index is 5.01. The molecule has 0 unspecified atom stereocenters. The van der Waals surface area contributed by atoms with Gasteiger partial charge >= 0.3 is 0 Å². The Bertz CT molecular complexity index is 247. The molecule has 0 aromatic heterocycles. The van der Waals surface area contributed by atoms with Crippen LogP contribution in [0.5, 0.6) is 0 Å². The van der Waals surface area contributed by atoms with Gasteiger partial charge in [0, 0.05) is 6.20 Å². The number of hydrogen-bond acceptors (Lipinski definition) is 4. The number of rotatable bonds is 3. The second-order valence-corrected chi connectivity index (χ2v) is 2.12. The largest absolute Gasteiger partial charge is 0.351 e. The predicted molar refractivity (Wildman–Crippen MR) is 47.1 cm³/mol. The summed E-state index contributed by atoms with van der Waals surface area (Å²) in [5, 5.41) is 2.84. The second kappa shape index (κ2) is 5.22. The molecule has 0 radical (unpaired) electrons. The molecule has 64 valence electrons. The lowest BCUT2D eigenvalue weighted by Gasteiger charge is -2.09. The lowest BCUT2D eigenvalue weighted by atomic mass is 10.4. The molecule has 0 aromatic carbocycles. The number of hydroxylamine groups is 1. The zero-order chi connectivity index (χ0) is 8.65. The lowest BCUT2D eigenvalue weighted by molar-refractivity contribution is 0.0888. The first kappa shape index (κ1) is 8.62. The van der Waals surface area contributed by atoms with Crippen molar-refractivity contribution in [1.82, 2.24) is 10.8 Å².